The predicted octanol–water partition coefficient (Wildman–Crippen LogP) is -1.41. The summed E-state index contributed by atoms with van der Waals surface area (Å²) in [6.07, 6.45) is -3.23. The summed E-state index contributed by atoms with van der Waals surface area (Å²) < 4.78 is 6.82. The number of aliphatic hydroxyl groups excluding tert-OH is 3. The molecule has 3 rings (SSSR count). The molecule has 0 spiro atoms. The van der Waals surface area contributed by atoms with Gasteiger partial charge in [0, 0.05) is 0 Å². The number of nitrogens with zero attached hydrogens (tertiary/aromatic N) is 4. The monoisotopic (exact) mass is 371 g/mol. The number of nitrogens with two attached hydrogens (primary N) is 1. The lowest BCUT2D eigenvalue weighted by Gasteiger charge is -2.16. The molecule has 1 fully saturated rings. The summed E-state index contributed by atoms with van der Waals surface area (Å²) in [5.41, 5.74) is 6.34. The maximum Gasteiger partial charge on any atom is 0.316 e. The Labute approximate surface area is 145 Å². The largest absolute Gasteiger partial charge is 0.480 e. The molecule has 11 nitrogen and oxygen atoms in total. The van der Waals surface area contributed by atoms with Crippen LogP contribution in [-0.4, -0.2) is 76.1 Å². The van der Waals surface area contributed by atoms with E-state index in [-0.39, 0.29) is 22.1 Å². The van der Waals surface area contributed by atoms with Crippen molar-refractivity contribution >= 4 is 34.7 Å². The molecule has 3 heterocycles. The normalized spacial score (nSPS) is 27.7. The van der Waals surface area contributed by atoms with Crippen LogP contribution in [0, 0.1) is 0 Å². The number of aliphatic carboxylic acids is 1. The number of fused-ring (bicyclic) bond motifs is 1. The Morgan fingerprint density at radius 3 is 2.76 bits per heavy atom. The van der Waals surface area contributed by atoms with Crippen LogP contribution < -0.4 is 5.73 Å². The molecular weight excluding hydrogens is 354 g/mol. The molecule has 12 heteroatoms. The van der Waals surface area contributed by atoms with Crippen LogP contribution in [0.1, 0.15) is 13.2 Å². The molecule has 1 unspecified atom stereocenters. The van der Waals surface area contributed by atoms with E-state index in [0.29, 0.717) is 0 Å². The molecule has 0 bridgehead atoms. The van der Waals surface area contributed by atoms with E-state index in [1.54, 1.807) is 0 Å². The molecule has 25 heavy (non-hydrogen) atoms. The molecule has 5 atom stereocenters. The average molecular weight is 371 g/mol. The molecule has 0 amide bonds. The Bertz CT molecular complexity index is 801. The van der Waals surface area contributed by atoms with Crippen molar-refractivity contribution in [1.82, 2.24) is 19.5 Å². The molecule has 136 valence electrons. The van der Waals surface area contributed by atoms with Crippen LogP contribution in [-0.2, 0) is 9.53 Å². The third-order valence-corrected chi connectivity index (χ3v) is 4.80. The van der Waals surface area contributed by atoms with Gasteiger partial charge in [0.25, 0.3) is 0 Å². The van der Waals surface area contributed by atoms with Crippen LogP contribution >= 0.6 is 11.8 Å². The van der Waals surface area contributed by atoms with Crippen molar-refractivity contribution in [3.63, 3.8) is 0 Å². The van der Waals surface area contributed by atoms with Gasteiger partial charge >= 0.3 is 5.97 Å². The summed E-state index contributed by atoms with van der Waals surface area (Å²) in [5.74, 6) is -0.972. The van der Waals surface area contributed by atoms with Gasteiger partial charge < -0.3 is 30.9 Å². The fourth-order valence-corrected chi connectivity index (χ4v) is 3.18. The number of anilines is 1. The second-order valence-corrected chi connectivity index (χ2v) is 6.85. The number of rotatable bonds is 5. The van der Waals surface area contributed by atoms with Crippen LogP contribution in [0.15, 0.2) is 11.5 Å². The molecule has 6 N–H and O–H groups in total. The molecule has 0 saturated carbocycles. The summed E-state index contributed by atoms with van der Waals surface area (Å²) in [6, 6.07) is 0. The highest BCUT2D eigenvalue weighted by Crippen LogP contribution is 2.33. The summed E-state index contributed by atoms with van der Waals surface area (Å²) in [7, 11) is 0. The Morgan fingerprint density at radius 1 is 1.44 bits per heavy atom. The standard InChI is InChI=1S/C13H17N5O6S/c1-4(12(22)23)25-13-16-9(14)6-10(17-13)18(3-15-6)11-8(21)7(20)5(2-19)24-11/h3-5,7-8,11,19-21H,2H2,1H3,(H,22,23)(H2,14,16,17)/t4?,5-,7-,8-,11-/m1/s1. The van der Waals surface area contributed by atoms with E-state index >= 15 is 0 Å². The number of carboxylic acids is 1. The van der Waals surface area contributed by atoms with Crippen molar-refractivity contribution in [3.8, 4) is 0 Å². The fourth-order valence-electron chi connectivity index (χ4n) is 2.47. The van der Waals surface area contributed by atoms with E-state index in [1.165, 1.54) is 17.8 Å². The van der Waals surface area contributed by atoms with Crippen LogP contribution in [0.25, 0.3) is 11.2 Å². The second kappa shape index (κ2) is 6.72. The first kappa shape index (κ1) is 17.8. The number of carbonyl (C=O) groups is 1. The number of ether oxygens (including phenoxy) is 1. The highest BCUT2D eigenvalue weighted by atomic mass is 32.2. The number of aromatic nitrogens is 4. The van der Waals surface area contributed by atoms with Gasteiger partial charge in [-0.3, -0.25) is 9.36 Å². The van der Waals surface area contributed by atoms with Gasteiger partial charge in [-0.2, -0.15) is 0 Å². The molecule has 0 aromatic carbocycles. The fraction of sp³-hybridized carbons (Fsp3) is 0.538. The first-order valence-electron chi connectivity index (χ1n) is 7.35. The quantitative estimate of drug-likeness (QED) is 0.308. The minimum Gasteiger partial charge on any atom is -0.480 e. The molecule has 1 saturated heterocycles. The van der Waals surface area contributed by atoms with Gasteiger partial charge in [0.2, 0.25) is 0 Å². The molecule has 1 aliphatic heterocycles. The van der Waals surface area contributed by atoms with Gasteiger partial charge in [0.05, 0.1) is 12.9 Å². The van der Waals surface area contributed by atoms with Crippen molar-refractivity contribution in [2.45, 2.75) is 41.9 Å². The Morgan fingerprint density at radius 2 is 2.16 bits per heavy atom. The number of hydrogen-bond donors (Lipinski definition) is 5. The smallest absolute Gasteiger partial charge is 0.316 e. The number of aliphatic hydroxyl groups is 3. The van der Waals surface area contributed by atoms with Crippen molar-refractivity contribution in [3.05, 3.63) is 6.33 Å². The minimum absolute atomic E-state index is 0.0515. The summed E-state index contributed by atoms with van der Waals surface area (Å²) in [4.78, 5) is 23.4. The zero-order chi connectivity index (χ0) is 18.3. The topological polar surface area (TPSA) is 177 Å². The number of thioether (sulfide) groups is 1. The van der Waals surface area contributed by atoms with Crippen LogP contribution in [0.3, 0.4) is 0 Å². The SMILES string of the molecule is CC(Sc1nc(N)c2ncn([C@@H]3O[C@H](CO)[C@@H](O)[C@H]3O)c2n1)C(=O)O. The maximum atomic E-state index is 11.0. The second-order valence-electron chi connectivity index (χ2n) is 5.54. The highest BCUT2D eigenvalue weighted by Gasteiger charge is 2.44. The lowest BCUT2D eigenvalue weighted by molar-refractivity contribution is -0.136. The van der Waals surface area contributed by atoms with E-state index in [1.807, 2.05) is 0 Å². The van der Waals surface area contributed by atoms with Gasteiger partial charge in [-0.25, -0.2) is 15.0 Å². The van der Waals surface area contributed by atoms with Crippen molar-refractivity contribution < 1.29 is 30.0 Å². The lowest BCUT2D eigenvalue weighted by Crippen LogP contribution is -2.33. The van der Waals surface area contributed by atoms with E-state index in [2.05, 4.69) is 15.0 Å². The van der Waals surface area contributed by atoms with Gasteiger partial charge in [0.1, 0.15) is 29.1 Å². The average Bonchev–Trinajstić information content (AvgIpc) is 3.10. The first-order chi connectivity index (χ1) is 11.8. The van der Waals surface area contributed by atoms with Gasteiger partial charge in [-0.1, -0.05) is 11.8 Å². The number of nitrogen functional groups attached to an aromatic ring is 1. The Hall–Kier alpha value is -1.99. The molecule has 0 radical (unpaired) electrons. The molecule has 1 aliphatic rings. The van der Waals surface area contributed by atoms with Crippen molar-refractivity contribution in [2.75, 3.05) is 12.3 Å². The van der Waals surface area contributed by atoms with Crippen LogP contribution in [0.4, 0.5) is 5.82 Å². The summed E-state index contributed by atoms with van der Waals surface area (Å²) >= 11 is 0.906. The summed E-state index contributed by atoms with van der Waals surface area (Å²) in [5, 5.41) is 37.6. The lowest BCUT2D eigenvalue weighted by atomic mass is 10.1. The molecular formula is C13H17N5O6S. The van der Waals surface area contributed by atoms with Gasteiger partial charge in [-0.15, -0.1) is 0 Å². The first-order valence-corrected chi connectivity index (χ1v) is 8.23. The zero-order valence-corrected chi connectivity index (χ0v) is 13.9. The maximum absolute atomic E-state index is 11.0. The highest BCUT2D eigenvalue weighted by molar-refractivity contribution is 8.00. The van der Waals surface area contributed by atoms with Gasteiger partial charge in [0.15, 0.2) is 22.8 Å². The number of hydrogen-bond acceptors (Lipinski definition) is 10. The summed E-state index contributed by atoms with van der Waals surface area (Å²) in [6.45, 7) is 1.02. The van der Waals surface area contributed by atoms with Gasteiger partial charge in [-0.05, 0) is 6.92 Å². The van der Waals surface area contributed by atoms with Crippen LogP contribution in [0.2, 0.25) is 0 Å². The molecule has 2 aromatic heterocycles. The van der Waals surface area contributed by atoms with E-state index in [0.717, 1.165) is 11.8 Å². The molecule has 2 aromatic rings. The zero-order valence-electron chi connectivity index (χ0n) is 13.1. The third kappa shape index (κ3) is 3.14. The Balaban J connectivity index is 2.00. The van der Waals surface area contributed by atoms with E-state index in [9.17, 15) is 20.1 Å². The minimum atomic E-state index is -1.31. The van der Waals surface area contributed by atoms with Crippen LogP contribution in [0.5, 0.6) is 0 Å². The predicted molar refractivity (Wildman–Crippen MR) is 85.7 cm³/mol. The van der Waals surface area contributed by atoms with E-state index < -0.39 is 42.4 Å². The molecule has 0 aliphatic carbocycles. The number of carboxylic acid groups (broad SMARTS) is 1. The van der Waals surface area contributed by atoms with E-state index in [4.69, 9.17) is 15.6 Å². The third-order valence-electron chi connectivity index (χ3n) is 3.85. The van der Waals surface area contributed by atoms with Crippen molar-refractivity contribution in [2.24, 2.45) is 0 Å². The van der Waals surface area contributed by atoms with Crippen molar-refractivity contribution in [1.29, 1.82) is 0 Å². The number of imidazole rings is 1. The Kier molecular flexibility index (Phi) is 4.79.